The Balaban J connectivity index is 1.92. The van der Waals surface area contributed by atoms with Crippen molar-refractivity contribution in [1.29, 1.82) is 0 Å². The monoisotopic (exact) mass is 304 g/mol. The fraction of sp³-hybridized carbons (Fsp3) is 0.600. The minimum atomic E-state index is -0.167. The Morgan fingerprint density at radius 2 is 2.25 bits per heavy atom. The minimum Gasteiger partial charge on any atom is -0.389 e. The van der Waals surface area contributed by atoms with Crippen LogP contribution in [0.25, 0.3) is 0 Å². The zero-order valence-electron chi connectivity index (χ0n) is 9.41. The topological polar surface area (TPSA) is 47.6 Å². The highest BCUT2D eigenvalue weighted by Crippen LogP contribution is 2.30. The zero-order valence-corrected chi connectivity index (χ0v) is 11.8. The molecule has 0 aliphatic carbocycles. The lowest BCUT2D eigenvalue weighted by molar-refractivity contribution is 0.0123. The molecule has 1 aromatic heterocycles. The summed E-state index contributed by atoms with van der Waals surface area (Å²) in [5.74, 6) is 1.62. The van der Waals surface area contributed by atoms with Crippen LogP contribution < -0.4 is 0 Å². The van der Waals surface area contributed by atoms with Crippen LogP contribution in [0.3, 0.4) is 0 Å². The summed E-state index contributed by atoms with van der Waals surface area (Å²) in [6, 6.07) is 0. The van der Waals surface area contributed by atoms with Crippen molar-refractivity contribution in [2.24, 2.45) is 5.16 Å². The van der Waals surface area contributed by atoms with Gasteiger partial charge in [-0.1, -0.05) is 22.1 Å². The summed E-state index contributed by atoms with van der Waals surface area (Å²) in [4.78, 5) is 5.29. The van der Waals surface area contributed by atoms with Crippen molar-refractivity contribution in [1.82, 2.24) is 5.16 Å². The number of oxime groups is 1. The van der Waals surface area contributed by atoms with Crippen LogP contribution in [0.4, 0.5) is 0 Å². The maximum absolute atomic E-state index is 5.29. The van der Waals surface area contributed by atoms with Crippen molar-refractivity contribution in [2.75, 3.05) is 0 Å². The number of rotatable bonds is 2. The molecule has 6 heteroatoms. The van der Waals surface area contributed by atoms with Crippen LogP contribution in [0.1, 0.15) is 31.6 Å². The number of halogens is 1. The van der Waals surface area contributed by atoms with Crippen LogP contribution in [-0.2, 0) is 10.6 Å². The van der Waals surface area contributed by atoms with Gasteiger partial charge in [-0.15, -0.1) is 0 Å². The van der Waals surface area contributed by atoms with Gasteiger partial charge >= 0.3 is 0 Å². The Hall–Kier alpha value is -0.490. The van der Waals surface area contributed by atoms with Gasteiger partial charge in [0.05, 0.1) is 5.75 Å². The van der Waals surface area contributed by atoms with Gasteiger partial charge in [0, 0.05) is 12.0 Å². The fourth-order valence-electron chi connectivity index (χ4n) is 1.31. The molecule has 0 bridgehead atoms. The molecule has 0 N–H and O–H groups in total. The Morgan fingerprint density at radius 1 is 1.50 bits per heavy atom. The number of thioether (sulfide) groups is 1. The molecule has 0 spiro atoms. The van der Waals surface area contributed by atoms with Crippen molar-refractivity contribution in [3.8, 4) is 0 Å². The quantitative estimate of drug-likeness (QED) is 0.839. The highest BCUT2D eigenvalue weighted by atomic mass is 79.9. The lowest BCUT2D eigenvalue weighted by Gasteiger charge is -2.12. The SMILES string of the molecule is Cc1c(Br)noc1CSC1=NOC(C)(C)C1. The normalized spacial score (nSPS) is 18.4. The summed E-state index contributed by atoms with van der Waals surface area (Å²) in [5.41, 5.74) is 0.880. The number of aromatic nitrogens is 1. The maximum atomic E-state index is 5.29. The van der Waals surface area contributed by atoms with E-state index < -0.39 is 0 Å². The third-order valence-electron chi connectivity index (χ3n) is 2.31. The standard InChI is InChI=1S/C10H13BrN2O2S/c1-6-7(14-13-9(6)11)5-16-8-4-10(2,3)15-12-8/h4-5H2,1-3H3. The Morgan fingerprint density at radius 3 is 2.75 bits per heavy atom. The third-order valence-corrected chi connectivity index (χ3v) is 4.00. The van der Waals surface area contributed by atoms with E-state index in [-0.39, 0.29) is 5.60 Å². The van der Waals surface area contributed by atoms with Crippen LogP contribution in [0.15, 0.2) is 14.3 Å². The summed E-state index contributed by atoms with van der Waals surface area (Å²) in [6.45, 7) is 6.04. The first-order valence-corrected chi connectivity index (χ1v) is 6.74. The Labute approximate surface area is 107 Å². The van der Waals surface area contributed by atoms with Crippen molar-refractivity contribution in [3.05, 3.63) is 15.9 Å². The van der Waals surface area contributed by atoms with E-state index in [0.29, 0.717) is 0 Å². The molecule has 0 atom stereocenters. The molecular formula is C10H13BrN2O2S. The maximum Gasteiger partial charge on any atom is 0.152 e. The predicted molar refractivity (Wildman–Crippen MR) is 67.5 cm³/mol. The lowest BCUT2D eigenvalue weighted by Crippen LogP contribution is -2.18. The first-order chi connectivity index (χ1) is 7.48. The molecule has 2 heterocycles. The molecule has 2 rings (SSSR count). The summed E-state index contributed by atoms with van der Waals surface area (Å²) >= 11 is 4.96. The van der Waals surface area contributed by atoms with E-state index >= 15 is 0 Å². The molecule has 0 radical (unpaired) electrons. The molecular weight excluding hydrogens is 292 g/mol. The molecule has 16 heavy (non-hydrogen) atoms. The average Bonchev–Trinajstić information content (AvgIpc) is 2.70. The second-order valence-corrected chi connectivity index (χ2v) is 6.12. The molecule has 0 fully saturated rings. The largest absolute Gasteiger partial charge is 0.389 e. The first-order valence-electron chi connectivity index (χ1n) is 4.96. The van der Waals surface area contributed by atoms with Gasteiger partial charge in [-0.05, 0) is 36.7 Å². The predicted octanol–water partition coefficient (Wildman–Crippen LogP) is 3.49. The minimum absolute atomic E-state index is 0.167. The van der Waals surface area contributed by atoms with Gasteiger partial charge in [0.25, 0.3) is 0 Å². The van der Waals surface area contributed by atoms with E-state index in [2.05, 4.69) is 26.2 Å². The van der Waals surface area contributed by atoms with Crippen molar-refractivity contribution < 1.29 is 9.36 Å². The molecule has 0 saturated carbocycles. The summed E-state index contributed by atoms with van der Waals surface area (Å²) < 4.78 is 5.96. The molecule has 1 aromatic rings. The molecule has 88 valence electrons. The van der Waals surface area contributed by atoms with E-state index in [1.54, 1.807) is 11.8 Å². The van der Waals surface area contributed by atoms with Gasteiger partial charge in [-0.3, -0.25) is 0 Å². The number of hydrogen-bond acceptors (Lipinski definition) is 5. The Kier molecular flexibility index (Phi) is 3.30. The van der Waals surface area contributed by atoms with Gasteiger partial charge in [-0.25, -0.2) is 0 Å². The van der Waals surface area contributed by atoms with Crippen molar-refractivity contribution in [3.63, 3.8) is 0 Å². The second-order valence-electron chi connectivity index (χ2n) is 4.32. The van der Waals surface area contributed by atoms with E-state index in [0.717, 1.165) is 33.1 Å². The van der Waals surface area contributed by atoms with E-state index in [4.69, 9.17) is 9.36 Å². The summed E-state index contributed by atoms with van der Waals surface area (Å²) in [5, 5.41) is 8.90. The van der Waals surface area contributed by atoms with Gasteiger partial charge in [0.1, 0.15) is 10.6 Å². The number of hydrogen-bond donors (Lipinski definition) is 0. The molecule has 1 aliphatic heterocycles. The highest BCUT2D eigenvalue weighted by molar-refractivity contribution is 9.10. The highest BCUT2D eigenvalue weighted by Gasteiger charge is 2.29. The molecule has 0 saturated heterocycles. The van der Waals surface area contributed by atoms with Gasteiger partial charge in [0.15, 0.2) is 10.4 Å². The molecule has 4 nitrogen and oxygen atoms in total. The van der Waals surface area contributed by atoms with Crippen molar-refractivity contribution >= 4 is 32.7 Å². The fourth-order valence-corrected chi connectivity index (χ4v) is 2.71. The van der Waals surface area contributed by atoms with Crippen LogP contribution >= 0.6 is 27.7 Å². The van der Waals surface area contributed by atoms with Crippen LogP contribution in [0.2, 0.25) is 0 Å². The van der Waals surface area contributed by atoms with Gasteiger partial charge < -0.3 is 9.36 Å². The lowest BCUT2D eigenvalue weighted by atomic mass is 10.1. The smallest absolute Gasteiger partial charge is 0.152 e. The molecule has 0 amide bonds. The van der Waals surface area contributed by atoms with Crippen LogP contribution in [-0.4, -0.2) is 15.8 Å². The van der Waals surface area contributed by atoms with Gasteiger partial charge in [-0.2, -0.15) is 0 Å². The number of nitrogens with zero attached hydrogens (tertiary/aromatic N) is 2. The van der Waals surface area contributed by atoms with E-state index in [9.17, 15) is 0 Å². The van der Waals surface area contributed by atoms with Crippen LogP contribution in [0.5, 0.6) is 0 Å². The zero-order chi connectivity index (χ0) is 11.8. The van der Waals surface area contributed by atoms with E-state index in [1.165, 1.54) is 0 Å². The molecule has 0 aromatic carbocycles. The second kappa shape index (κ2) is 4.41. The average molecular weight is 305 g/mol. The van der Waals surface area contributed by atoms with Crippen LogP contribution in [0, 0.1) is 6.92 Å². The summed E-state index contributed by atoms with van der Waals surface area (Å²) in [7, 11) is 0. The summed E-state index contributed by atoms with van der Waals surface area (Å²) in [6.07, 6.45) is 0.853. The molecule has 1 aliphatic rings. The van der Waals surface area contributed by atoms with Gasteiger partial charge in [0.2, 0.25) is 0 Å². The Bertz CT molecular complexity index is 428. The molecule has 0 unspecified atom stereocenters. The van der Waals surface area contributed by atoms with E-state index in [1.807, 2.05) is 20.8 Å². The first kappa shape index (κ1) is 12.0. The van der Waals surface area contributed by atoms with Crippen molar-refractivity contribution in [2.45, 2.75) is 38.5 Å². The third kappa shape index (κ3) is 2.60.